The number of nitrogens with one attached hydrogen (secondary N) is 1. The van der Waals surface area contributed by atoms with Crippen molar-refractivity contribution in [2.45, 2.75) is 12.1 Å². The molecule has 2 aromatic carbocycles. The van der Waals surface area contributed by atoms with E-state index in [-0.39, 0.29) is 5.78 Å². The van der Waals surface area contributed by atoms with E-state index in [0.29, 0.717) is 11.3 Å². The third kappa shape index (κ3) is 2.45. The molecule has 5 heteroatoms. The van der Waals surface area contributed by atoms with Gasteiger partial charge in [-0.25, -0.2) is 4.79 Å². The lowest BCUT2D eigenvalue weighted by atomic mass is 9.91. The van der Waals surface area contributed by atoms with Crippen LogP contribution in [-0.4, -0.2) is 17.9 Å². The summed E-state index contributed by atoms with van der Waals surface area (Å²) in [6, 6.07) is 14.7. The normalized spacial score (nSPS) is 20.3. The summed E-state index contributed by atoms with van der Waals surface area (Å²) in [6.45, 7) is 0. The number of primary amides is 1. The molecule has 0 fully saturated rings. The van der Waals surface area contributed by atoms with Gasteiger partial charge in [-0.15, -0.1) is 0 Å². The molecule has 2 amide bonds. The number of nitrogens with two attached hydrogens (primary N) is 1. The lowest BCUT2D eigenvalue weighted by Gasteiger charge is -2.32. The molecule has 0 spiro atoms. The average molecular weight is 282 g/mol. The van der Waals surface area contributed by atoms with Gasteiger partial charge in [-0.3, -0.25) is 4.79 Å². The van der Waals surface area contributed by atoms with Crippen molar-refractivity contribution in [1.82, 2.24) is 5.32 Å². The number of para-hydroxylation sites is 1. The minimum absolute atomic E-state index is 0.204. The smallest absolute Gasteiger partial charge is 0.312 e. The Morgan fingerprint density at radius 3 is 2.43 bits per heavy atom. The van der Waals surface area contributed by atoms with Gasteiger partial charge in [0.25, 0.3) is 0 Å². The first-order chi connectivity index (χ1) is 10.2. The lowest BCUT2D eigenvalue weighted by molar-refractivity contribution is 0.0748. The summed E-state index contributed by atoms with van der Waals surface area (Å²) >= 11 is 0. The predicted molar refractivity (Wildman–Crippen MR) is 77.1 cm³/mol. The Bertz CT molecular complexity index is 685. The van der Waals surface area contributed by atoms with Gasteiger partial charge in [-0.2, -0.15) is 0 Å². The van der Waals surface area contributed by atoms with Gasteiger partial charge in [-0.05, 0) is 17.7 Å². The van der Waals surface area contributed by atoms with Crippen LogP contribution in [0.5, 0.6) is 5.75 Å². The fourth-order valence-electron chi connectivity index (χ4n) is 2.48. The maximum atomic E-state index is 12.6. The summed E-state index contributed by atoms with van der Waals surface area (Å²) in [6.07, 6.45) is -0.596. The molecule has 1 aliphatic heterocycles. The zero-order valence-electron chi connectivity index (χ0n) is 11.2. The number of ether oxygens (including phenoxy) is 1. The number of ketones is 1. The highest BCUT2D eigenvalue weighted by Gasteiger charge is 2.38. The van der Waals surface area contributed by atoms with Crippen molar-refractivity contribution in [1.29, 1.82) is 0 Å². The molecule has 5 nitrogen and oxygen atoms in total. The highest BCUT2D eigenvalue weighted by Crippen LogP contribution is 2.34. The van der Waals surface area contributed by atoms with Crippen molar-refractivity contribution in [3.05, 3.63) is 65.7 Å². The van der Waals surface area contributed by atoms with Gasteiger partial charge in [0.2, 0.25) is 0 Å². The van der Waals surface area contributed by atoms with Crippen LogP contribution in [0, 0.1) is 0 Å². The van der Waals surface area contributed by atoms with E-state index in [1.165, 1.54) is 0 Å². The maximum absolute atomic E-state index is 12.6. The first-order valence-electron chi connectivity index (χ1n) is 6.57. The van der Waals surface area contributed by atoms with E-state index in [4.69, 9.17) is 10.5 Å². The average Bonchev–Trinajstić information content (AvgIpc) is 2.50. The van der Waals surface area contributed by atoms with Crippen LogP contribution in [0.1, 0.15) is 22.0 Å². The Balaban J connectivity index is 2.05. The number of Topliss-reactive ketones (excluding diaryl/α,β-unsaturated/α-hetero) is 1. The van der Waals surface area contributed by atoms with Gasteiger partial charge in [0.15, 0.2) is 11.9 Å². The molecule has 2 atom stereocenters. The molecule has 0 radical (unpaired) electrons. The molecule has 0 saturated heterocycles. The van der Waals surface area contributed by atoms with E-state index >= 15 is 0 Å². The second kappa shape index (κ2) is 5.28. The van der Waals surface area contributed by atoms with Gasteiger partial charge in [-0.1, -0.05) is 42.5 Å². The molecule has 0 aromatic heterocycles. The SMILES string of the molecule is NC(=O)NC1C(=O)c2ccccc2OC1c1ccccc1. The molecule has 3 N–H and O–H groups in total. The largest absolute Gasteiger partial charge is 0.482 e. The Morgan fingerprint density at radius 2 is 1.71 bits per heavy atom. The van der Waals surface area contributed by atoms with Gasteiger partial charge in [0.1, 0.15) is 11.8 Å². The van der Waals surface area contributed by atoms with Crippen molar-refractivity contribution in [3.8, 4) is 5.75 Å². The van der Waals surface area contributed by atoms with Crippen LogP contribution in [-0.2, 0) is 0 Å². The Kier molecular flexibility index (Phi) is 3.31. The van der Waals surface area contributed by atoms with Crippen molar-refractivity contribution in [2.75, 3.05) is 0 Å². The van der Waals surface area contributed by atoms with Crippen molar-refractivity contribution < 1.29 is 14.3 Å². The highest BCUT2D eigenvalue weighted by atomic mass is 16.5. The summed E-state index contributed by atoms with van der Waals surface area (Å²) in [7, 11) is 0. The number of carbonyl (C=O) groups is 2. The molecule has 1 aliphatic rings. The lowest BCUT2D eigenvalue weighted by Crippen LogP contribution is -2.50. The molecular formula is C16H14N2O3. The standard InChI is InChI=1S/C16H14N2O3/c17-16(20)18-13-14(19)11-8-4-5-9-12(11)21-15(13)10-6-2-1-3-7-10/h1-9,13,15H,(H3,17,18,20). The van der Waals surface area contributed by atoms with E-state index in [1.807, 2.05) is 30.3 Å². The number of amides is 2. The fourth-order valence-corrected chi connectivity index (χ4v) is 2.48. The number of carbonyl (C=O) groups excluding carboxylic acids is 2. The molecule has 3 rings (SSSR count). The van der Waals surface area contributed by atoms with Crippen LogP contribution in [0.3, 0.4) is 0 Å². The van der Waals surface area contributed by atoms with Crippen LogP contribution in [0.4, 0.5) is 4.79 Å². The topological polar surface area (TPSA) is 81.4 Å². The maximum Gasteiger partial charge on any atom is 0.312 e. The van der Waals surface area contributed by atoms with E-state index in [0.717, 1.165) is 5.56 Å². The van der Waals surface area contributed by atoms with E-state index in [1.54, 1.807) is 24.3 Å². The van der Waals surface area contributed by atoms with E-state index in [2.05, 4.69) is 5.32 Å². The van der Waals surface area contributed by atoms with Gasteiger partial charge >= 0.3 is 6.03 Å². The van der Waals surface area contributed by atoms with Crippen molar-refractivity contribution in [3.63, 3.8) is 0 Å². The summed E-state index contributed by atoms with van der Waals surface area (Å²) in [5.41, 5.74) is 6.44. The molecule has 0 aliphatic carbocycles. The number of rotatable bonds is 2. The number of urea groups is 1. The zero-order valence-corrected chi connectivity index (χ0v) is 11.2. The third-order valence-corrected chi connectivity index (χ3v) is 3.42. The first-order valence-corrected chi connectivity index (χ1v) is 6.57. The van der Waals surface area contributed by atoms with Crippen LogP contribution < -0.4 is 15.8 Å². The Morgan fingerprint density at radius 1 is 1.05 bits per heavy atom. The first kappa shape index (κ1) is 13.2. The molecule has 1 heterocycles. The Labute approximate surface area is 121 Å². The molecule has 0 bridgehead atoms. The van der Waals surface area contributed by atoms with Gasteiger partial charge < -0.3 is 15.8 Å². The minimum atomic E-state index is -0.834. The summed E-state index contributed by atoms with van der Waals surface area (Å²) in [4.78, 5) is 23.8. The molecule has 106 valence electrons. The molecule has 2 unspecified atom stereocenters. The van der Waals surface area contributed by atoms with Crippen molar-refractivity contribution in [2.24, 2.45) is 5.73 Å². The predicted octanol–water partition coefficient (Wildman–Crippen LogP) is 2.04. The minimum Gasteiger partial charge on any atom is -0.482 e. The molecule has 21 heavy (non-hydrogen) atoms. The third-order valence-electron chi connectivity index (χ3n) is 3.42. The van der Waals surface area contributed by atoms with E-state index < -0.39 is 18.2 Å². The summed E-state index contributed by atoms with van der Waals surface area (Å²) in [5, 5.41) is 2.49. The zero-order chi connectivity index (χ0) is 14.8. The van der Waals surface area contributed by atoms with E-state index in [9.17, 15) is 9.59 Å². The number of fused-ring (bicyclic) bond motifs is 1. The van der Waals surface area contributed by atoms with Crippen molar-refractivity contribution >= 4 is 11.8 Å². The molecule has 0 saturated carbocycles. The monoisotopic (exact) mass is 282 g/mol. The van der Waals surface area contributed by atoms with Crippen LogP contribution in [0.25, 0.3) is 0 Å². The van der Waals surface area contributed by atoms with Crippen LogP contribution in [0.2, 0.25) is 0 Å². The number of hydrogen-bond acceptors (Lipinski definition) is 3. The number of hydrogen-bond donors (Lipinski definition) is 2. The van der Waals surface area contributed by atoms with Crippen LogP contribution >= 0.6 is 0 Å². The highest BCUT2D eigenvalue weighted by molar-refractivity contribution is 6.05. The van der Waals surface area contributed by atoms with Crippen LogP contribution in [0.15, 0.2) is 54.6 Å². The summed E-state index contributed by atoms with van der Waals surface area (Å²) < 4.78 is 5.91. The molecular weight excluding hydrogens is 268 g/mol. The van der Waals surface area contributed by atoms with Gasteiger partial charge in [0, 0.05) is 0 Å². The second-order valence-corrected chi connectivity index (χ2v) is 4.80. The Hall–Kier alpha value is -2.82. The quantitative estimate of drug-likeness (QED) is 0.884. The fraction of sp³-hybridized carbons (Fsp3) is 0.125. The number of benzene rings is 2. The summed E-state index contributed by atoms with van der Waals surface area (Å²) in [5.74, 6) is 0.309. The second-order valence-electron chi connectivity index (χ2n) is 4.80. The van der Waals surface area contributed by atoms with Gasteiger partial charge in [0.05, 0.1) is 5.56 Å². The molecule has 2 aromatic rings.